The smallest absolute Gasteiger partial charge is 0.330 e. The molecule has 0 aromatic heterocycles. The summed E-state index contributed by atoms with van der Waals surface area (Å²) in [6.07, 6.45) is 5.28. The van der Waals surface area contributed by atoms with E-state index in [0.717, 1.165) is 24.9 Å². The molecular formula is C32H38N2O6S2. The first kappa shape index (κ1) is 31.4. The number of sulfone groups is 1. The number of unbranched alkanes of at least 4 members (excludes halogenated alkanes) is 1. The fourth-order valence-electron chi connectivity index (χ4n) is 5.42. The highest BCUT2D eigenvalue weighted by molar-refractivity contribution is 7.98. The molecule has 2 N–H and O–H groups in total. The number of carbonyl (C=O) groups is 2. The second-order valence-electron chi connectivity index (χ2n) is 10.6. The van der Waals surface area contributed by atoms with E-state index in [1.54, 1.807) is 30.3 Å². The minimum Gasteiger partial charge on any atom is -0.483 e. The van der Waals surface area contributed by atoms with Gasteiger partial charge in [0.1, 0.15) is 5.75 Å². The lowest BCUT2D eigenvalue weighted by Gasteiger charge is -2.36. The van der Waals surface area contributed by atoms with Gasteiger partial charge in [-0.2, -0.15) is 0 Å². The van der Waals surface area contributed by atoms with Crippen LogP contribution >= 0.6 is 11.8 Å². The molecule has 4 rings (SSSR count). The molecule has 0 saturated carbocycles. The molecule has 0 unspecified atom stereocenters. The number of hydrogen-bond donors (Lipinski definition) is 2. The summed E-state index contributed by atoms with van der Waals surface area (Å²) in [4.78, 5) is 27.6. The monoisotopic (exact) mass is 610 g/mol. The zero-order chi connectivity index (χ0) is 30.3. The summed E-state index contributed by atoms with van der Waals surface area (Å²) < 4.78 is 34.0. The van der Waals surface area contributed by atoms with Gasteiger partial charge in [-0.15, -0.1) is 11.8 Å². The fraction of sp³-hybridized carbons (Fsp3) is 0.375. The van der Waals surface area contributed by atoms with Crippen LogP contribution in [0.5, 0.6) is 5.75 Å². The van der Waals surface area contributed by atoms with Crippen molar-refractivity contribution in [2.75, 3.05) is 30.1 Å². The Bertz CT molecular complexity index is 1500. The molecular weight excluding hydrogens is 572 g/mol. The van der Waals surface area contributed by atoms with Crippen molar-refractivity contribution in [3.05, 3.63) is 78.4 Å². The predicted octanol–water partition coefficient (Wildman–Crippen LogP) is 6.24. The first-order valence-electron chi connectivity index (χ1n) is 14.1. The second kappa shape index (κ2) is 13.6. The van der Waals surface area contributed by atoms with E-state index in [2.05, 4.69) is 24.1 Å². The summed E-state index contributed by atoms with van der Waals surface area (Å²) in [5.41, 5.74) is 1.49. The standard InChI is InChI=1S/C32H38N2O6S2/c1-4-6-17-32(5-2)21-34(24-15-11-8-12-16-24)25-18-27(41-3)26(19-28(25)42(38,39)22-32)40-20-29(35)33-30(31(36)37)23-13-9-7-10-14-23/h7-16,18-19,30H,4-6,17,20-22H2,1-3H3,(H,33,35)(H,36,37)/t30-,32-/m1/s1. The molecule has 10 heteroatoms. The van der Waals surface area contributed by atoms with Crippen LogP contribution in [0.15, 0.2) is 82.6 Å². The van der Waals surface area contributed by atoms with Gasteiger partial charge in [-0.3, -0.25) is 4.79 Å². The first-order chi connectivity index (χ1) is 20.1. The average Bonchev–Trinajstić information content (AvgIpc) is 3.09. The molecule has 42 heavy (non-hydrogen) atoms. The number of anilines is 2. The van der Waals surface area contributed by atoms with Gasteiger partial charge in [0.05, 0.1) is 21.2 Å². The molecule has 3 aromatic rings. The SMILES string of the molecule is CCCC[C@]1(CC)CN(c2ccccc2)c2cc(SC)c(OCC(=O)N[C@@H](C(=O)O)c3ccccc3)cc2S(=O)(=O)C1. The van der Waals surface area contributed by atoms with E-state index in [1.807, 2.05) is 42.7 Å². The molecule has 0 spiro atoms. The van der Waals surface area contributed by atoms with Crippen LogP contribution in [0.3, 0.4) is 0 Å². The van der Waals surface area contributed by atoms with Gasteiger partial charge in [-0.1, -0.05) is 75.2 Å². The van der Waals surface area contributed by atoms with Crippen molar-refractivity contribution in [3.8, 4) is 5.75 Å². The number of carboxylic acids is 1. The summed E-state index contributed by atoms with van der Waals surface area (Å²) in [5, 5.41) is 12.2. The highest BCUT2D eigenvalue weighted by Crippen LogP contribution is 2.47. The minimum atomic E-state index is -3.73. The third-order valence-corrected chi connectivity index (χ3v) is 10.5. The number of carbonyl (C=O) groups excluding carboxylic acids is 1. The molecule has 2 atom stereocenters. The van der Waals surface area contributed by atoms with Crippen LogP contribution in [0, 0.1) is 5.41 Å². The second-order valence-corrected chi connectivity index (χ2v) is 13.5. The van der Waals surface area contributed by atoms with Crippen LogP contribution in [0.4, 0.5) is 11.4 Å². The highest BCUT2D eigenvalue weighted by Gasteiger charge is 2.42. The third kappa shape index (κ3) is 7.10. The van der Waals surface area contributed by atoms with Gasteiger partial charge in [-0.05, 0) is 42.9 Å². The summed E-state index contributed by atoms with van der Waals surface area (Å²) in [7, 11) is -3.73. The Labute approximate surface area is 252 Å². The summed E-state index contributed by atoms with van der Waals surface area (Å²) in [6, 6.07) is 20.3. The Morgan fingerprint density at radius 3 is 2.33 bits per heavy atom. The van der Waals surface area contributed by atoms with Crippen LogP contribution in [0.2, 0.25) is 0 Å². The van der Waals surface area contributed by atoms with E-state index < -0.39 is 39.8 Å². The maximum Gasteiger partial charge on any atom is 0.330 e. The van der Waals surface area contributed by atoms with Crippen LogP contribution < -0.4 is 15.0 Å². The van der Waals surface area contributed by atoms with Gasteiger partial charge in [0.25, 0.3) is 5.91 Å². The topological polar surface area (TPSA) is 113 Å². The Hall–Kier alpha value is -3.50. The number of benzene rings is 3. The number of ether oxygens (including phenoxy) is 1. The van der Waals surface area contributed by atoms with Crippen molar-refractivity contribution in [2.45, 2.75) is 55.4 Å². The Morgan fingerprint density at radius 2 is 1.74 bits per heavy atom. The molecule has 224 valence electrons. The number of nitrogens with one attached hydrogen (secondary N) is 1. The molecule has 3 aromatic carbocycles. The number of para-hydroxylation sites is 1. The van der Waals surface area contributed by atoms with Crippen molar-refractivity contribution in [1.29, 1.82) is 0 Å². The van der Waals surface area contributed by atoms with Gasteiger partial charge in [0, 0.05) is 23.7 Å². The zero-order valence-corrected chi connectivity index (χ0v) is 25.8. The zero-order valence-electron chi connectivity index (χ0n) is 24.2. The van der Waals surface area contributed by atoms with Crippen molar-refractivity contribution in [2.24, 2.45) is 5.41 Å². The van der Waals surface area contributed by atoms with Crippen molar-refractivity contribution in [1.82, 2.24) is 5.32 Å². The van der Waals surface area contributed by atoms with Crippen LogP contribution in [-0.2, 0) is 19.4 Å². The van der Waals surface area contributed by atoms with E-state index in [-0.39, 0.29) is 16.4 Å². The molecule has 1 aliphatic heterocycles. The number of fused-ring (bicyclic) bond motifs is 1. The van der Waals surface area contributed by atoms with Gasteiger partial charge in [0.2, 0.25) is 0 Å². The van der Waals surface area contributed by atoms with Gasteiger partial charge < -0.3 is 20.1 Å². The number of amides is 1. The predicted molar refractivity (Wildman–Crippen MR) is 166 cm³/mol. The molecule has 8 nitrogen and oxygen atoms in total. The number of thioether (sulfide) groups is 1. The van der Waals surface area contributed by atoms with Crippen molar-refractivity contribution in [3.63, 3.8) is 0 Å². The van der Waals surface area contributed by atoms with Crippen molar-refractivity contribution >= 4 is 44.9 Å². The summed E-state index contributed by atoms with van der Waals surface area (Å²) in [6.45, 7) is 4.26. The van der Waals surface area contributed by atoms with Gasteiger partial charge in [-0.25, -0.2) is 13.2 Å². The van der Waals surface area contributed by atoms with E-state index in [1.165, 1.54) is 17.8 Å². The molecule has 0 saturated heterocycles. The third-order valence-electron chi connectivity index (χ3n) is 7.78. The maximum absolute atomic E-state index is 14.0. The number of hydrogen-bond acceptors (Lipinski definition) is 7. The van der Waals surface area contributed by atoms with Crippen LogP contribution in [0.25, 0.3) is 0 Å². The number of carboxylic acid groups (broad SMARTS) is 1. The average molecular weight is 611 g/mol. The molecule has 0 fully saturated rings. The largest absolute Gasteiger partial charge is 0.483 e. The minimum absolute atomic E-state index is 0.0166. The van der Waals surface area contributed by atoms with E-state index in [9.17, 15) is 23.1 Å². The molecule has 0 aliphatic carbocycles. The fourth-order valence-corrected chi connectivity index (χ4v) is 8.15. The van der Waals surface area contributed by atoms with E-state index in [0.29, 0.717) is 29.1 Å². The van der Waals surface area contributed by atoms with E-state index >= 15 is 0 Å². The molecule has 0 bridgehead atoms. The number of rotatable bonds is 12. The molecule has 1 heterocycles. The number of aliphatic carboxylic acids is 1. The molecule has 1 aliphatic rings. The molecule has 0 radical (unpaired) electrons. The lowest BCUT2D eigenvalue weighted by molar-refractivity contribution is -0.142. The lowest BCUT2D eigenvalue weighted by atomic mass is 9.81. The normalized spacial score (nSPS) is 18.4. The highest BCUT2D eigenvalue weighted by atomic mass is 32.2. The van der Waals surface area contributed by atoms with Crippen LogP contribution in [-0.4, -0.2) is 50.6 Å². The Kier molecular flexibility index (Phi) is 10.2. The van der Waals surface area contributed by atoms with Gasteiger partial charge in [0.15, 0.2) is 22.5 Å². The summed E-state index contributed by atoms with van der Waals surface area (Å²) >= 11 is 1.39. The van der Waals surface area contributed by atoms with E-state index in [4.69, 9.17) is 4.74 Å². The van der Waals surface area contributed by atoms with Crippen molar-refractivity contribution < 1.29 is 27.9 Å². The maximum atomic E-state index is 14.0. The first-order valence-corrected chi connectivity index (χ1v) is 17.0. The van der Waals surface area contributed by atoms with Gasteiger partial charge >= 0.3 is 5.97 Å². The Morgan fingerprint density at radius 1 is 1.07 bits per heavy atom. The lowest BCUT2D eigenvalue weighted by Crippen LogP contribution is -2.37. The Balaban J connectivity index is 1.70. The quantitative estimate of drug-likeness (QED) is 0.232. The van der Waals surface area contributed by atoms with Crippen LogP contribution in [0.1, 0.15) is 51.1 Å². The summed E-state index contributed by atoms with van der Waals surface area (Å²) in [5.74, 6) is -1.55. The molecule has 1 amide bonds. The number of nitrogens with zero attached hydrogens (tertiary/aromatic N) is 1.